The van der Waals surface area contributed by atoms with E-state index in [1.54, 1.807) is 6.92 Å². The Morgan fingerprint density at radius 1 is 1.29 bits per heavy atom. The summed E-state index contributed by atoms with van der Waals surface area (Å²) in [5.74, 6) is -5.26. The van der Waals surface area contributed by atoms with Gasteiger partial charge >= 0.3 is 6.18 Å². The van der Waals surface area contributed by atoms with Crippen LogP contribution in [-0.4, -0.2) is 9.78 Å². The number of rotatable bonds is 0. The molecule has 0 N–H and O–H groups in total. The highest BCUT2D eigenvalue weighted by atomic mass is 19.4. The topological polar surface area (TPSA) is 17.8 Å². The molecule has 1 aromatic rings. The van der Waals surface area contributed by atoms with Crippen LogP contribution in [0.2, 0.25) is 0 Å². The molecule has 3 atom stereocenters. The van der Waals surface area contributed by atoms with Crippen molar-refractivity contribution < 1.29 is 22.0 Å². The second-order valence-corrected chi connectivity index (χ2v) is 4.77. The number of alkyl halides is 5. The van der Waals surface area contributed by atoms with Crippen molar-refractivity contribution in [2.45, 2.75) is 24.9 Å². The molecule has 2 aliphatic carbocycles. The molecule has 7 heteroatoms. The minimum absolute atomic E-state index is 0.289. The Morgan fingerprint density at radius 2 is 1.88 bits per heavy atom. The van der Waals surface area contributed by atoms with Gasteiger partial charge in [0, 0.05) is 24.4 Å². The van der Waals surface area contributed by atoms with Crippen LogP contribution in [0.5, 0.6) is 0 Å². The summed E-state index contributed by atoms with van der Waals surface area (Å²) in [6.07, 6.45) is -4.67. The third kappa shape index (κ3) is 1.12. The zero-order valence-electron chi connectivity index (χ0n) is 9.02. The quantitative estimate of drug-likeness (QED) is 0.649. The zero-order chi connectivity index (χ0) is 12.7. The first-order valence-electron chi connectivity index (χ1n) is 5.19. The van der Waals surface area contributed by atoms with Gasteiger partial charge in [0.15, 0.2) is 5.69 Å². The number of aryl methyl sites for hydroxylation is 1. The first kappa shape index (κ1) is 11.0. The summed E-state index contributed by atoms with van der Waals surface area (Å²) in [5.41, 5.74) is -1.99. The summed E-state index contributed by atoms with van der Waals surface area (Å²) in [7, 11) is 1.14. The van der Waals surface area contributed by atoms with Crippen LogP contribution in [0.15, 0.2) is 0 Å². The van der Waals surface area contributed by atoms with Gasteiger partial charge in [-0.1, -0.05) is 6.92 Å². The van der Waals surface area contributed by atoms with Gasteiger partial charge in [-0.25, -0.2) is 0 Å². The summed E-state index contributed by atoms with van der Waals surface area (Å²) >= 11 is 0. The van der Waals surface area contributed by atoms with Gasteiger partial charge in [0.2, 0.25) is 0 Å². The summed E-state index contributed by atoms with van der Waals surface area (Å²) in [4.78, 5) is 0. The molecule has 1 aromatic heterocycles. The smallest absolute Gasteiger partial charge is 0.266 e. The molecule has 3 rings (SSSR count). The molecule has 0 saturated heterocycles. The SMILES string of the molecule is C[C@@H]1[C@@H]2c3c(C(F)(F)F)nn(C)c3C(F)(F)[C@H]12. The van der Waals surface area contributed by atoms with Crippen LogP contribution in [0.25, 0.3) is 0 Å². The van der Waals surface area contributed by atoms with E-state index in [1.165, 1.54) is 0 Å². The fourth-order valence-corrected chi connectivity index (χ4v) is 3.08. The van der Waals surface area contributed by atoms with E-state index in [0.717, 1.165) is 7.05 Å². The average Bonchev–Trinajstić information content (AvgIpc) is 2.57. The molecule has 0 unspecified atom stereocenters. The second-order valence-electron chi connectivity index (χ2n) is 4.77. The second kappa shape index (κ2) is 2.64. The lowest BCUT2D eigenvalue weighted by molar-refractivity contribution is -0.142. The number of hydrogen-bond acceptors (Lipinski definition) is 1. The Hall–Kier alpha value is -1.14. The maximum Gasteiger partial charge on any atom is 0.435 e. The molecule has 17 heavy (non-hydrogen) atoms. The van der Waals surface area contributed by atoms with Crippen molar-refractivity contribution in [3.05, 3.63) is 17.0 Å². The van der Waals surface area contributed by atoms with E-state index in [4.69, 9.17) is 0 Å². The van der Waals surface area contributed by atoms with Crippen LogP contribution in [0.3, 0.4) is 0 Å². The van der Waals surface area contributed by atoms with Gasteiger partial charge in [-0.15, -0.1) is 0 Å². The standard InChI is InChI=1S/C10H9F5N2/c1-3-4-5-7(10(13,14)15)16-17(2)8(5)9(11,12)6(3)4/h3-4,6H,1-2H3/t3-,4-,6-/m1/s1. The van der Waals surface area contributed by atoms with Crippen LogP contribution >= 0.6 is 0 Å². The Kier molecular flexibility index (Phi) is 1.71. The maximum absolute atomic E-state index is 13.9. The highest BCUT2D eigenvalue weighted by molar-refractivity contribution is 5.48. The molecule has 2 aliphatic rings. The molecule has 1 fully saturated rings. The number of halogens is 5. The van der Waals surface area contributed by atoms with Crippen LogP contribution in [-0.2, 0) is 19.1 Å². The van der Waals surface area contributed by atoms with Crippen molar-refractivity contribution in [3.63, 3.8) is 0 Å². The predicted octanol–water partition coefficient (Wildman–Crippen LogP) is 2.89. The predicted molar refractivity (Wildman–Crippen MR) is 47.5 cm³/mol. The maximum atomic E-state index is 13.9. The summed E-state index contributed by atoms with van der Waals surface area (Å²) < 4.78 is 66.5. The number of aromatic nitrogens is 2. The highest BCUT2D eigenvalue weighted by Gasteiger charge is 2.72. The van der Waals surface area contributed by atoms with Crippen molar-refractivity contribution in [1.82, 2.24) is 9.78 Å². The van der Waals surface area contributed by atoms with Crippen LogP contribution < -0.4 is 0 Å². The number of fused-ring (bicyclic) bond motifs is 3. The van der Waals surface area contributed by atoms with Crippen molar-refractivity contribution in [3.8, 4) is 0 Å². The van der Waals surface area contributed by atoms with Gasteiger partial charge in [0.25, 0.3) is 5.92 Å². The lowest BCUT2D eigenvalue weighted by Gasteiger charge is -2.14. The van der Waals surface area contributed by atoms with E-state index in [1.807, 2.05) is 0 Å². The molecular weight excluding hydrogens is 243 g/mol. The lowest BCUT2D eigenvalue weighted by Crippen LogP contribution is -2.19. The number of nitrogens with zero attached hydrogens (tertiary/aromatic N) is 2. The van der Waals surface area contributed by atoms with E-state index >= 15 is 0 Å². The van der Waals surface area contributed by atoms with E-state index in [-0.39, 0.29) is 5.56 Å². The number of hydrogen-bond donors (Lipinski definition) is 0. The van der Waals surface area contributed by atoms with E-state index in [0.29, 0.717) is 4.68 Å². The molecule has 1 saturated carbocycles. The first-order valence-corrected chi connectivity index (χ1v) is 5.19. The molecule has 0 aromatic carbocycles. The molecule has 94 valence electrons. The van der Waals surface area contributed by atoms with Crippen LogP contribution in [0, 0.1) is 11.8 Å². The van der Waals surface area contributed by atoms with Crippen molar-refractivity contribution in [1.29, 1.82) is 0 Å². The Bertz CT molecular complexity index is 502. The monoisotopic (exact) mass is 252 g/mol. The minimum Gasteiger partial charge on any atom is -0.266 e. The Balaban J connectivity index is 2.25. The van der Waals surface area contributed by atoms with Crippen molar-refractivity contribution >= 4 is 0 Å². The minimum atomic E-state index is -4.67. The lowest BCUT2D eigenvalue weighted by atomic mass is 10.1. The van der Waals surface area contributed by atoms with E-state index in [9.17, 15) is 22.0 Å². The molecule has 0 radical (unpaired) electrons. The molecule has 0 spiro atoms. The molecular formula is C10H9F5N2. The van der Waals surface area contributed by atoms with Gasteiger partial charge in [-0.2, -0.15) is 27.1 Å². The van der Waals surface area contributed by atoms with Crippen molar-refractivity contribution in [2.24, 2.45) is 18.9 Å². The van der Waals surface area contributed by atoms with Crippen molar-refractivity contribution in [2.75, 3.05) is 0 Å². The zero-order valence-corrected chi connectivity index (χ0v) is 9.02. The highest BCUT2D eigenvalue weighted by Crippen LogP contribution is 2.71. The van der Waals surface area contributed by atoms with Gasteiger partial charge in [-0.3, -0.25) is 4.68 Å². The molecule has 0 amide bonds. The molecule has 0 bridgehead atoms. The normalized spacial score (nSPS) is 33.5. The van der Waals surface area contributed by atoms with Gasteiger partial charge in [0.05, 0.1) is 0 Å². The summed E-state index contributed by atoms with van der Waals surface area (Å²) in [6.45, 7) is 1.55. The van der Waals surface area contributed by atoms with Gasteiger partial charge in [0.1, 0.15) is 5.69 Å². The van der Waals surface area contributed by atoms with E-state index < -0.39 is 41.2 Å². The molecule has 0 aliphatic heterocycles. The van der Waals surface area contributed by atoms with Crippen LogP contribution in [0.4, 0.5) is 22.0 Å². The fraction of sp³-hybridized carbons (Fsp3) is 0.700. The average molecular weight is 252 g/mol. The van der Waals surface area contributed by atoms with Gasteiger partial charge < -0.3 is 0 Å². The Morgan fingerprint density at radius 3 is 2.41 bits per heavy atom. The van der Waals surface area contributed by atoms with Gasteiger partial charge in [-0.05, 0) is 5.92 Å². The first-order chi connectivity index (χ1) is 7.67. The summed E-state index contributed by atoms with van der Waals surface area (Å²) in [6, 6.07) is 0. The summed E-state index contributed by atoms with van der Waals surface area (Å²) in [5, 5.41) is 3.22. The van der Waals surface area contributed by atoms with E-state index in [2.05, 4.69) is 5.10 Å². The third-order valence-corrected chi connectivity index (χ3v) is 3.80. The Labute approximate surface area is 93.4 Å². The fourth-order valence-electron chi connectivity index (χ4n) is 3.08. The largest absolute Gasteiger partial charge is 0.435 e. The third-order valence-electron chi connectivity index (χ3n) is 3.80. The van der Waals surface area contributed by atoms with Crippen LogP contribution in [0.1, 0.15) is 29.8 Å². The molecule has 2 nitrogen and oxygen atoms in total. The molecule has 1 heterocycles.